The van der Waals surface area contributed by atoms with Crippen LogP contribution in [0.15, 0.2) is 30.6 Å². The molecule has 0 spiro atoms. The maximum Gasteiger partial charge on any atom is 0.0568 e. The summed E-state index contributed by atoms with van der Waals surface area (Å²) in [6.07, 6.45) is 5.04. The molecule has 1 aromatic carbocycles. The lowest BCUT2D eigenvalue weighted by Crippen LogP contribution is -1.87. The summed E-state index contributed by atoms with van der Waals surface area (Å²) in [6.45, 7) is 4.35. The quantitative estimate of drug-likeness (QED) is 0.728. The Bertz CT molecular complexity index is 469. The van der Waals surface area contributed by atoms with Gasteiger partial charge in [-0.2, -0.15) is 5.10 Å². The molecule has 0 aliphatic carbocycles. The summed E-state index contributed by atoms with van der Waals surface area (Å²) in [4.78, 5) is 0. The zero-order valence-electron chi connectivity index (χ0n) is 9.49. The fourth-order valence-electron chi connectivity index (χ4n) is 1.80. The largest absolute Gasteiger partial charge is 0.275 e. The van der Waals surface area contributed by atoms with Crippen molar-refractivity contribution in [2.75, 3.05) is 0 Å². The third-order valence-corrected chi connectivity index (χ3v) is 2.77. The third-order valence-electron chi connectivity index (χ3n) is 2.77. The van der Waals surface area contributed by atoms with E-state index in [1.807, 2.05) is 24.1 Å². The predicted molar refractivity (Wildman–Crippen MR) is 62.8 cm³/mol. The molecule has 2 heteroatoms. The number of hydrogen-bond acceptors (Lipinski definition) is 1. The molecule has 0 fully saturated rings. The first kappa shape index (κ1) is 9.97. The minimum absolute atomic E-state index is 1.08. The Balaban J connectivity index is 2.45. The molecule has 2 aromatic rings. The summed E-state index contributed by atoms with van der Waals surface area (Å²) < 4.78 is 1.83. The molecule has 0 atom stereocenters. The molecular formula is C13H16N2. The molecule has 0 unspecified atom stereocenters. The molecule has 0 radical (unpaired) electrons. The first-order valence-corrected chi connectivity index (χ1v) is 5.29. The highest BCUT2D eigenvalue weighted by molar-refractivity contribution is 5.63. The van der Waals surface area contributed by atoms with Gasteiger partial charge in [0.2, 0.25) is 0 Å². The standard InChI is InChI=1S/C13H16N2/c1-4-11-7-12(6-5-10(11)2)13-8-14-15(3)9-13/h5-9H,4H2,1-3H3. The summed E-state index contributed by atoms with van der Waals surface area (Å²) in [5, 5.41) is 4.19. The van der Waals surface area contributed by atoms with Crippen LogP contribution in [0.2, 0.25) is 0 Å². The van der Waals surface area contributed by atoms with E-state index >= 15 is 0 Å². The highest BCUT2D eigenvalue weighted by Gasteiger charge is 2.02. The van der Waals surface area contributed by atoms with E-state index in [0.717, 1.165) is 6.42 Å². The number of rotatable bonds is 2. The lowest BCUT2D eigenvalue weighted by atomic mass is 10.0. The summed E-state index contributed by atoms with van der Waals surface area (Å²) in [5.41, 5.74) is 5.22. The Hall–Kier alpha value is -1.57. The van der Waals surface area contributed by atoms with E-state index in [1.165, 1.54) is 22.3 Å². The Morgan fingerprint density at radius 2 is 2.07 bits per heavy atom. The van der Waals surface area contributed by atoms with Crippen molar-refractivity contribution in [3.05, 3.63) is 41.7 Å². The molecule has 0 bridgehead atoms. The predicted octanol–water partition coefficient (Wildman–Crippen LogP) is 2.96. The van der Waals surface area contributed by atoms with Crippen LogP contribution < -0.4 is 0 Å². The van der Waals surface area contributed by atoms with Crippen molar-refractivity contribution in [3.63, 3.8) is 0 Å². The molecule has 1 heterocycles. The zero-order valence-corrected chi connectivity index (χ0v) is 9.49. The Kier molecular flexibility index (Phi) is 2.58. The van der Waals surface area contributed by atoms with Gasteiger partial charge < -0.3 is 0 Å². The van der Waals surface area contributed by atoms with Crippen LogP contribution in [-0.4, -0.2) is 9.78 Å². The number of hydrogen-bond donors (Lipinski definition) is 0. The minimum Gasteiger partial charge on any atom is -0.275 e. The van der Waals surface area contributed by atoms with Crippen LogP contribution >= 0.6 is 0 Å². The Morgan fingerprint density at radius 1 is 1.27 bits per heavy atom. The lowest BCUT2D eigenvalue weighted by Gasteiger charge is -2.05. The number of aromatic nitrogens is 2. The lowest BCUT2D eigenvalue weighted by molar-refractivity contribution is 0.768. The van der Waals surface area contributed by atoms with Gasteiger partial charge in [0.15, 0.2) is 0 Å². The number of nitrogens with zero attached hydrogens (tertiary/aromatic N) is 2. The van der Waals surface area contributed by atoms with E-state index < -0.39 is 0 Å². The maximum atomic E-state index is 4.19. The molecule has 2 nitrogen and oxygen atoms in total. The maximum absolute atomic E-state index is 4.19. The Labute approximate surface area is 90.6 Å². The fraction of sp³-hybridized carbons (Fsp3) is 0.308. The second-order valence-electron chi connectivity index (χ2n) is 3.90. The van der Waals surface area contributed by atoms with Crippen molar-refractivity contribution in [2.45, 2.75) is 20.3 Å². The monoisotopic (exact) mass is 200 g/mol. The smallest absolute Gasteiger partial charge is 0.0568 e. The molecule has 0 saturated carbocycles. The highest BCUT2D eigenvalue weighted by atomic mass is 15.2. The molecular weight excluding hydrogens is 184 g/mol. The molecule has 0 saturated heterocycles. The molecule has 15 heavy (non-hydrogen) atoms. The van der Waals surface area contributed by atoms with E-state index in [2.05, 4.69) is 37.1 Å². The SMILES string of the molecule is CCc1cc(-c2cnn(C)c2)ccc1C. The van der Waals surface area contributed by atoms with Crippen LogP contribution in [0.5, 0.6) is 0 Å². The van der Waals surface area contributed by atoms with Gasteiger partial charge in [-0.3, -0.25) is 4.68 Å². The first-order chi connectivity index (χ1) is 7.20. The van der Waals surface area contributed by atoms with Gasteiger partial charge in [-0.25, -0.2) is 0 Å². The molecule has 0 aliphatic rings. The molecule has 0 N–H and O–H groups in total. The van der Waals surface area contributed by atoms with Crippen LogP contribution in [0.3, 0.4) is 0 Å². The minimum atomic E-state index is 1.08. The van der Waals surface area contributed by atoms with Crippen molar-refractivity contribution in [3.8, 4) is 11.1 Å². The van der Waals surface area contributed by atoms with E-state index in [1.54, 1.807) is 0 Å². The summed E-state index contributed by atoms with van der Waals surface area (Å²) in [6, 6.07) is 6.60. The van der Waals surface area contributed by atoms with Crippen LogP contribution in [0, 0.1) is 6.92 Å². The van der Waals surface area contributed by atoms with E-state index in [9.17, 15) is 0 Å². The van der Waals surface area contributed by atoms with Crippen molar-refractivity contribution in [2.24, 2.45) is 7.05 Å². The van der Waals surface area contributed by atoms with Crippen LogP contribution in [0.25, 0.3) is 11.1 Å². The van der Waals surface area contributed by atoms with Crippen LogP contribution in [0.1, 0.15) is 18.1 Å². The Morgan fingerprint density at radius 3 is 2.67 bits per heavy atom. The van der Waals surface area contributed by atoms with E-state index in [4.69, 9.17) is 0 Å². The molecule has 0 amide bonds. The molecule has 2 rings (SSSR count). The average Bonchev–Trinajstić information content (AvgIpc) is 2.66. The van der Waals surface area contributed by atoms with Gasteiger partial charge in [0.1, 0.15) is 0 Å². The summed E-state index contributed by atoms with van der Waals surface area (Å²) in [7, 11) is 1.94. The van der Waals surface area contributed by atoms with Crippen molar-refractivity contribution >= 4 is 0 Å². The van der Waals surface area contributed by atoms with Crippen LogP contribution in [-0.2, 0) is 13.5 Å². The fourth-order valence-corrected chi connectivity index (χ4v) is 1.80. The second-order valence-corrected chi connectivity index (χ2v) is 3.90. The van der Waals surface area contributed by atoms with Crippen LogP contribution in [0.4, 0.5) is 0 Å². The van der Waals surface area contributed by atoms with E-state index in [0.29, 0.717) is 0 Å². The van der Waals surface area contributed by atoms with Gasteiger partial charge in [0.05, 0.1) is 6.20 Å². The van der Waals surface area contributed by atoms with Gasteiger partial charge in [-0.15, -0.1) is 0 Å². The number of benzene rings is 1. The first-order valence-electron chi connectivity index (χ1n) is 5.29. The second kappa shape index (κ2) is 3.89. The van der Waals surface area contributed by atoms with Crippen molar-refractivity contribution < 1.29 is 0 Å². The normalized spacial score (nSPS) is 10.6. The molecule has 1 aromatic heterocycles. The molecule has 0 aliphatic heterocycles. The van der Waals surface area contributed by atoms with Gasteiger partial charge in [0.25, 0.3) is 0 Å². The van der Waals surface area contributed by atoms with Crippen molar-refractivity contribution in [1.29, 1.82) is 0 Å². The topological polar surface area (TPSA) is 17.8 Å². The number of aryl methyl sites for hydroxylation is 3. The van der Waals surface area contributed by atoms with Gasteiger partial charge >= 0.3 is 0 Å². The third kappa shape index (κ3) is 1.94. The zero-order chi connectivity index (χ0) is 10.8. The van der Waals surface area contributed by atoms with E-state index in [-0.39, 0.29) is 0 Å². The summed E-state index contributed by atoms with van der Waals surface area (Å²) in [5.74, 6) is 0. The van der Waals surface area contributed by atoms with Gasteiger partial charge in [-0.1, -0.05) is 25.1 Å². The van der Waals surface area contributed by atoms with Gasteiger partial charge in [-0.05, 0) is 30.0 Å². The molecule has 78 valence electrons. The summed E-state index contributed by atoms with van der Waals surface area (Å²) >= 11 is 0. The van der Waals surface area contributed by atoms with Crippen molar-refractivity contribution in [1.82, 2.24) is 9.78 Å². The highest BCUT2D eigenvalue weighted by Crippen LogP contribution is 2.21. The average molecular weight is 200 g/mol. The van der Waals surface area contributed by atoms with Gasteiger partial charge in [0, 0.05) is 18.8 Å².